The first-order valence-corrected chi connectivity index (χ1v) is 10.6. The van der Waals surface area contributed by atoms with E-state index in [2.05, 4.69) is 44.2 Å². The summed E-state index contributed by atoms with van der Waals surface area (Å²) in [5.74, 6) is 1.81. The summed E-state index contributed by atoms with van der Waals surface area (Å²) in [6.45, 7) is 5.83. The monoisotopic (exact) mass is 417 g/mol. The lowest BCUT2D eigenvalue weighted by Gasteiger charge is -2.22. The fraction of sp³-hybridized carbons (Fsp3) is 0.391. The maximum absolute atomic E-state index is 15.1. The molecule has 4 heterocycles. The van der Waals surface area contributed by atoms with Gasteiger partial charge in [-0.2, -0.15) is 5.10 Å². The lowest BCUT2D eigenvalue weighted by molar-refractivity contribution is 0.356. The Morgan fingerprint density at radius 2 is 1.81 bits per heavy atom. The van der Waals surface area contributed by atoms with E-state index in [4.69, 9.17) is 0 Å². The van der Waals surface area contributed by atoms with Crippen molar-refractivity contribution < 1.29 is 4.39 Å². The maximum Gasteiger partial charge on any atom is 0.156 e. The molecule has 0 spiro atoms. The first kappa shape index (κ1) is 18.6. The lowest BCUT2D eigenvalue weighted by atomic mass is 10.1. The molecule has 0 bridgehead atoms. The lowest BCUT2D eigenvalue weighted by Crippen LogP contribution is -2.31. The first-order valence-electron chi connectivity index (χ1n) is 10.6. The van der Waals surface area contributed by atoms with Gasteiger partial charge < -0.3 is 9.80 Å². The van der Waals surface area contributed by atoms with Gasteiger partial charge in [-0.05, 0) is 69.6 Å². The minimum absolute atomic E-state index is 0.305. The van der Waals surface area contributed by atoms with E-state index >= 15 is 4.39 Å². The molecule has 1 aliphatic heterocycles. The molecule has 1 saturated heterocycles. The predicted octanol–water partition coefficient (Wildman–Crippen LogP) is 3.09. The molecular formula is C23H24FN7. The minimum atomic E-state index is -0.305. The Morgan fingerprint density at radius 3 is 2.55 bits per heavy atom. The number of halogens is 1. The normalized spacial score (nSPS) is 22.6. The molecule has 1 aromatic carbocycles. The summed E-state index contributed by atoms with van der Waals surface area (Å²) in [6, 6.07) is 7.82. The van der Waals surface area contributed by atoms with Crippen LogP contribution in [0.3, 0.4) is 0 Å². The zero-order chi connectivity index (χ0) is 21.4. The molecule has 0 radical (unpaired) electrons. The highest BCUT2D eigenvalue weighted by atomic mass is 19.1. The number of aryl methyl sites for hydroxylation is 2. The van der Waals surface area contributed by atoms with Gasteiger partial charge in [-0.25, -0.2) is 13.9 Å². The second-order valence-electron chi connectivity index (χ2n) is 9.14. The van der Waals surface area contributed by atoms with Crippen LogP contribution in [0.4, 0.5) is 10.2 Å². The third-order valence-corrected chi connectivity index (χ3v) is 6.74. The van der Waals surface area contributed by atoms with Crippen LogP contribution in [0, 0.1) is 31.5 Å². The SMILES string of the molecule is Cc1cn2nc(-c3cc(F)c4cc(N5CC6C(C5)C6N(C)C)nnc4c3)cc(C)c2n1. The quantitative estimate of drug-likeness (QED) is 0.511. The van der Waals surface area contributed by atoms with Crippen molar-refractivity contribution in [3.05, 3.63) is 47.5 Å². The highest BCUT2D eigenvalue weighted by molar-refractivity contribution is 5.85. The number of hydrogen-bond donors (Lipinski definition) is 0. The molecule has 2 fully saturated rings. The smallest absolute Gasteiger partial charge is 0.156 e. The molecule has 3 aromatic heterocycles. The van der Waals surface area contributed by atoms with Gasteiger partial charge in [0.15, 0.2) is 11.5 Å². The van der Waals surface area contributed by atoms with Gasteiger partial charge in [-0.3, -0.25) is 0 Å². The molecule has 0 N–H and O–H groups in total. The van der Waals surface area contributed by atoms with Gasteiger partial charge in [0.05, 0.1) is 23.1 Å². The van der Waals surface area contributed by atoms with Crippen molar-refractivity contribution in [2.24, 2.45) is 11.8 Å². The molecule has 2 atom stereocenters. The van der Waals surface area contributed by atoms with Crippen LogP contribution in [0.1, 0.15) is 11.3 Å². The van der Waals surface area contributed by atoms with E-state index in [0.717, 1.165) is 35.8 Å². The van der Waals surface area contributed by atoms with Gasteiger partial charge in [0.2, 0.25) is 0 Å². The number of imidazole rings is 1. The summed E-state index contributed by atoms with van der Waals surface area (Å²) >= 11 is 0. The van der Waals surface area contributed by atoms with Crippen LogP contribution in [-0.2, 0) is 0 Å². The third kappa shape index (κ3) is 2.89. The van der Waals surface area contributed by atoms with Crippen LogP contribution in [0.15, 0.2) is 30.5 Å². The highest BCUT2D eigenvalue weighted by Gasteiger charge is 2.57. The first-order chi connectivity index (χ1) is 14.9. The number of hydrogen-bond acceptors (Lipinski definition) is 6. The van der Waals surface area contributed by atoms with Crippen LogP contribution in [0.2, 0.25) is 0 Å². The summed E-state index contributed by atoms with van der Waals surface area (Å²) in [4.78, 5) is 9.02. The molecule has 4 aromatic rings. The van der Waals surface area contributed by atoms with Crippen molar-refractivity contribution in [1.29, 1.82) is 0 Å². The average molecular weight is 417 g/mol. The highest BCUT2D eigenvalue weighted by Crippen LogP contribution is 2.48. The Bertz CT molecular complexity index is 1330. The van der Waals surface area contributed by atoms with Crippen LogP contribution in [0.5, 0.6) is 0 Å². The number of nitrogens with zero attached hydrogens (tertiary/aromatic N) is 7. The second-order valence-corrected chi connectivity index (χ2v) is 9.14. The predicted molar refractivity (Wildman–Crippen MR) is 118 cm³/mol. The third-order valence-electron chi connectivity index (χ3n) is 6.74. The van der Waals surface area contributed by atoms with Gasteiger partial charge in [-0.1, -0.05) is 0 Å². The van der Waals surface area contributed by atoms with Gasteiger partial charge in [-0.15, -0.1) is 10.2 Å². The summed E-state index contributed by atoms with van der Waals surface area (Å²) < 4.78 is 16.9. The summed E-state index contributed by atoms with van der Waals surface area (Å²) in [5.41, 5.74) is 4.60. The molecule has 6 rings (SSSR count). The van der Waals surface area contributed by atoms with Crippen molar-refractivity contribution in [1.82, 2.24) is 29.7 Å². The van der Waals surface area contributed by atoms with E-state index in [-0.39, 0.29) is 5.82 Å². The fourth-order valence-electron chi connectivity index (χ4n) is 5.23. The number of benzene rings is 1. The standard InChI is InChI=1S/C23H24FN7/c1-12-5-19(28-31-9-13(2)25-23(12)31)14-6-18(24)15-8-21(27-26-20(15)7-14)30-10-16-17(11-30)22(16)29(3)4/h5-9,16-17,22H,10-11H2,1-4H3. The van der Waals surface area contributed by atoms with E-state index in [1.54, 1.807) is 4.52 Å². The van der Waals surface area contributed by atoms with Crippen LogP contribution >= 0.6 is 0 Å². The molecule has 8 heteroatoms. The molecule has 7 nitrogen and oxygen atoms in total. The molecule has 1 aliphatic carbocycles. The molecule has 2 unspecified atom stereocenters. The topological polar surface area (TPSA) is 62.5 Å². The van der Waals surface area contributed by atoms with Gasteiger partial charge in [0.25, 0.3) is 0 Å². The molecule has 158 valence electrons. The maximum atomic E-state index is 15.1. The number of fused-ring (bicyclic) bond motifs is 3. The number of anilines is 1. The Labute approximate surface area is 179 Å². The largest absolute Gasteiger partial charge is 0.354 e. The van der Waals surface area contributed by atoms with Gasteiger partial charge in [0.1, 0.15) is 5.82 Å². The summed E-state index contributed by atoms with van der Waals surface area (Å²) in [7, 11) is 4.27. The van der Waals surface area contributed by atoms with E-state index in [0.29, 0.717) is 40.0 Å². The van der Waals surface area contributed by atoms with Crippen LogP contribution < -0.4 is 4.90 Å². The Balaban J connectivity index is 1.34. The molecule has 31 heavy (non-hydrogen) atoms. The summed E-state index contributed by atoms with van der Waals surface area (Å²) in [6.07, 6.45) is 1.87. The van der Waals surface area contributed by atoms with Gasteiger partial charge in [0, 0.05) is 30.1 Å². The van der Waals surface area contributed by atoms with E-state index in [9.17, 15) is 0 Å². The van der Waals surface area contributed by atoms with E-state index in [1.807, 2.05) is 38.2 Å². The zero-order valence-corrected chi connectivity index (χ0v) is 18.0. The minimum Gasteiger partial charge on any atom is -0.354 e. The zero-order valence-electron chi connectivity index (χ0n) is 18.0. The number of rotatable bonds is 3. The number of piperidine rings is 1. The van der Waals surface area contributed by atoms with Gasteiger partial charge >= 0.3 is 0 Å². The average Bonchev–Trinajstić information content (AvgIpc) is 3.05. The summed E-state index contributed by atoms with van der Waals surface area (Å²) in [5, 5.41) is 13.9. The van der Waals surface area contributed by atoms with Crippen LogP contribution in [-0.4, -0.2) is 62.9 Å². The molecule has 2 aliphatic rings. The second kappa shape index (κ2) is 6.43. The van der Waals surface area contributed by atoms with Crippen molar-refractivity contribution >= 4 is 22.4 Å². The van der Waals surface area contributed by atoms with Crippen molar-refractivity contribution in [2.75, 3.05) is 32.1 Å². The Hall–Kier alpha value is -3.13. The molecular weight excluding hydrogens is 393 g/mol. The Morgan fingerprint density at radius 1 is 1.03 bits per heavy atom. The van der Waals surface area contributed by atoms with Crippen molar-refractivity contribution in [2.45, 2.75) is 19.9 Å². The fourth-order valence-corrected chi connectivity index (χ4v) is 5.23. The molecule has 1 saturated carbocycles. The van der Waals surface area contributed by atoms with E-state index < -0.39 is 0 Å². The van der Waals surface area contributed by atoms with Crippen LogP contribution in [0.25, 0.3) is 27.8 Å². The number of aromatic nitrogens is 5. The van der Waals surface area contributed by atoms with Crippen molar-refractivity contribution in [3.63, 3.8) is 0 Å². The molecule has 0 amide bonds. The van der Waals surface area contributed by atoms with E-state index in [1.165, 1.54) is 6.07 Å². The van der Waals surface area contributed by atoms with Crippen molar-refractivity contribution in [3.8, 4) is 11.3 Å². The Kier molecular flexibility index (Phi) is 3.87.